The summed E-state index contributed by atoms with van der Waals surface area (Å²) in [5.41, 5.74) is 1.59. The lowest BCUT2D eigenvalue weighted by Gasteiger charge is -2.25. The Kier molecular flexibility index (Phi) is 7.22. The number of allylic oxidation sites excluding steroid dienone is 1. The summed E-state index contributed by atoms with van der Waals surface area (Å²) in [6, 6.07) is 15.9. The van der Waals surface area contributed by atoms with Gasteiger partial charge in [0.2, 0.25) is 0 Å². The predicted octanol–water partition coefficient (Wildman–Crippen LogP) is 4.36. The van der Waals surface area contributed by atoms with Crippen molar-refractivity contribution in [3.63, 3.8) is 0 Å². The molecule has 1 atom stereocenters. The molecule has 2 aromatic carbocycles. The summed E-state index contributed by atoms with van der Waals surface area (Å²) < 4.78 is 18.6. The minimum atomic E-state index is -0.757. The van der Waals surface area contributed by atoms with E-state index in [1.54, 1.807) is 82.5 Å². The maximum atomic E-state index is 13.8. The Morgan fingerprint density at radius 1 is 1.18 bits per heavy atom. The highest BCUT2D eigenvalue weighted by Crippen LogP contribution is 2.32. The normalized spacial score (nSPS) is 15.1. The molecule has 0 aliphatic carbocycles. The molecule has 0 N–H and O–H groups in total. The lowest BCUT2D eigenvalue weighted by molar-refractivity contribution is -0.384. The number of non-ortho nitro benzene ring substituents is 1. The smallest absolute Gasteiger partial charge is 0.338 e. The molecule has 3 heterocycles. The second kappa shape index (κ2) is 10.8. The summed E-state index contributed by atoms with van der Waals surface area (Å²) in [6.07, 6.45) is 1.24. The fraction of sp³-hybridized carbons (Fsp3) is 0.207. The van der Waals surface area contributed by atoms with E-state index in [0.717, 1.165) is 0 Å². The number of rotatable bonds is 7. The lowest BCUT2D eigenvalue weighted by Crippen LogP contribution is -2.40. The van der Waals surface area contributed by atoms with Gasteiger partial charge in [0.1, 0.15) is 17.3 Å². The topological polar surface area (TPSA) is 126 Å². The van der Waals surface area contributed by atoms with Crippen LogP contribution in [-0.4, -0.2) is 28.7 Å². The number of methoxy groups -OCH3 is 1. The van der Waals surface area contributed by atoms with Crippen LogP contribution in [0.25, 0.3) is 17.4 Å². The molecule has 5 rings (SSSR count). The SMILES string of the molecule is COc1ccc([C@@H]2C(C(=O)OC(C)C)=C(C)N=c3s/c(=C/c4ccc(-c5cccc([N+](=O)[O-])c5)o4)c(=O)n32)cc1. The van der Waals surface area contributed by atoms with Crippen molar-refractivity contribution in [3.8, 4) is 17.1 Å². The van der Waals surface area contributed by atoms with Crippen LogP contribution in [0.15, 0.2) is 86.1 Å². The first kappa shape index (κ1) is 26.8. The molecule has 1 aliphatic rings. The largest absolute Gasteiger partial charge is 0.497 e. The van der Waals surface area contributed by atoms with Gasteiger partial charge < -0.3 is 13.9 Å². The molecule has 40 heavy (non-hydrogen) atoms. The quantitative estimate of drug-likeness (QED) is 0.187. The number of nitro groups is 1. The maximum absolute atomic E-state index is 13.8. The van der Waals surface area contributed by atoms with Crippen LogP contribution in [0.3, 0.4) is 0 Å². The van der Waals surface area contributed by atoms with Crippen LogP contribution in [0.2, 0.25) is 0 Å². The van der Waals surface area contributed by atoms with Crippen molar-refractivity contribution >= 4 is 29.1 Å². The van der Waals surface area contributed by atoms with E-state index in [0.29, 0.717) is 43.4 Å². The Morgan fingerprint density at radius 3 is 2.60 bits per heavy atom. The number of nitro benzene ring substituents is 1. The minimum Gasteiger partial charge on any atom is -0.497 e. The molecule has 0 saturated carbocycles. The van der Waals surface area contributed by atoms with Gasteiger partial charge in [-0.3, -0.25) is 19.5 Å². The standard InChI is InChI=1S/C29H25N3O7S/c1-16(2)38-28(34)25-17(3)30-29-31(26(25)18-8-10-21(37-4)11-9-18)27(33)24(40-29)15-22-12-13-23(39-22)19-6-5-7-20(14-19)32(35)36/h5-16,26H,1-4H3/b24-15+/t26-/m1/s1. The number of carbonyl (C=O) groups is 1. The van der Waals surface area contributed by atoms with Gasteiger partial charge in [-0.05, 0) is 50.6 Å². The first-order chi connectivity index (χ1) is 19.2. The van der Waals surface area contributed by atoms with E-state index in [4.69, 9.17) is 13.9 Å². The second-order valence-corrected chi connectivity index (χ2v) is 10.3. The average molecular weight is 560 g/mol. The van der Waals surface area contributed by atoms with Gasteiger partial charge in [-0.25, -0.2) is 9.79 Å². The first-order valence-corrected chi connectivity index (χ1v) is 13.2. The summed E-state index contributed by atoms with van der Waals surface area (Å²) in [5.74, 6) is 0.913. The van der Waals surface area contributed by atoms with Gasteiger partial charge in [-0.15, -0.1) is 0 Å². The number of thiazole rings is 1. The van der Waals surface area contributed by atoms with E-state index in [-0.39, 0.29) is 22.9 Å². The number of nitrogens with zero attached hydrogens (tertiary/aromatic N) is 3. The van der Waals surface area contributed by atoms with Crippen LogP contribution in [-0.2, 0) is 9.53 Å². The number of fused-ring (bicyclic) bond motifs is 1. The number of benzene rings is 2. The highest BCUT2D eigenvalue weighted by atomic mass is 32.1. The van der Waals surface area contributed by atoms with Gasteiger partial charge in [0.25, 0.3) is 11.2 Å². The van der Waals surface area contributed by atoms with Crippen LogP contribution in [0, 0.1) is 10.1 Å². The lowest BCUT2D eigenvalue weighted by atomic mass is 9.96. The van der Waals surface area contributed by atoms with Gasteiger partial charge >= 0.3 is 5.97 Å². The molecule has 4 aromatic rings. The first-order valence-electron chi connectivity index (χ1n) is 12.4. The average Bonchev–Trinajstić information content (AvgIpc) is 3.52. The van der Waals surface area contributed by atoms with Gasteiger partial charge in [0.15, 0.2) is 4.80 Å². The van der Waals surface area contributed by atoms with Crippen molar-refractivity contribution in [1.82, 2.24) is 4.57 Å². The van der Waals surface area contributed by atoms with E-state index in [9.17, 15) is 19.7 Å². The van der Waals surface area contributed by atoms with Crippen molar-refractivity contribution in [2.24, 2.45) is 4.99 Å². The third-order valence-corrected chi connectivity index (χ3v) is 7.24. The highest BCUT2D eigenvalue weighted by molar-refractivity contribution is 7.07. The van der Waals surface area contributed by atoms with Crippen LogP contribution >= 0.6 is 11.3 Å². The van der Waals surface area contributed by atoms with Crippen LogP contribution in [0.5, 0.6) is 5.75 Å². The Labute approximate surface area is 232 Å². The third-order valence-electron chi connectivity index (χ3n) is 6.26. The third kappa shape index (κ3) is 5.10. The van der Waals surface area contributed by atoms with Crippen molar-refractivity contribution in [1.29, 1.82) is 0 Å². The minimum absolute atomic E-state index is 0.0514. The van der Waals surface area contributed by atoms with Crippen molar-refractivity contribution in [2.45, 2.75) is 32.9 Å². The Balaban J connectivity index is 1.61. The fourth-order valence-electron chi connectivity index (χ4n) is 4.45. The Bertz CT molecular complexity index is 1830. The molecule has 0 unspecified atom stereocenters. The predicted molar refractivity (Wildman–Crippen MR) is 149 cm³/mol. The zero-order valence-electron chi connectivity index (χ0n) is 22.1. The summed E-state index contributed by atoms with van der Waals surface area (Å²) >= 11 is 1.17. The number of carbonyl (C=O) groups excluding carboxylic acids is 1. The van der Waals surface area contributed by atoms with Crippen molar-refractivity contribution in [3.05, 3.63) is 113 Å². The number of hydrogen-bond donors (Lipinski definition) is 0. The van der Waals surface area contributed by atoms with Crippen molar-refractivity contribution in [2.75, 3.05) is 7.11 Å². The monoisotopic (exact) mass is 559 g/mol. The summed E-state index contributed by atoms with van der Waals surface area (Å²) in [4.78, 5) is 42.7. The Hall–Kier alpha value is -4.77. The molecule has 0 radical (unpaired) electrons. The number of aromatic nitrogens is 1. The fourth-order valence-corrected chi connectivity index (χ4v) is 5.48. The van der Waals surface area contributed by atoms with Gasteiger partial charge in [0, 0.05) is 23.8 Å². The molecule has 0 bridgehead atoms. The summed E-state index contributed by atoms with van der Waals surface area (Å²) in [7, 11) is 1.56. The molecule has 0 spiro atoms. The van der Waals surface area contributed by atoms with Crippen LogP contribution < -0.4 is 19.6 Å². The van der Waals surface area contributed by atoms with Gasteiger partial charge in [-0.2, -0.15) is 0 Å². The zero-order chi connectivity index (χ0) is 28.6. The molecule has 0 fully saturated rings. The number of furan rings is 1. The Morgan fingerprint density at radius 2 is 1.93 bits per heavy atom. The van der Waals surface area contributed by atoms with Crippen LogP contribution in [0.4, 0.5) is 5.69 Å². The second-order valence-electron chi connectivity index (χ2n) is 9.32. The summed E-state index contributed by atoms with van der Waals surface area (Å²) in [6.45, 7) is 5.25. The molecule has 204 valence electrons. The van der Waals surface area contributed by atoms with E-state index >= 15 is 0 Å². The molecule has 11 heteroatoms. The molecule has 0 amide bonds. The van der Waals surface area contributed by atoms with Gasteiger partial charge in [0.05, 0.1) is 40.0 Å². The molecule has 1 aliphatic heterocycles. The molecular formula is C29H25N3O7S. The number of esters is 1. The van der Waals surface area contributed by atoms with E-state index < -0.39 is 16.9 Å². The number of ether oxygens (including phenoxy) is 2. The van der Waals surface area contributed by atoms with Gasteiger partial charge in [-0.1, -0.05) is 35.6 Å². The summed E-state index contributed by atoms with van der Waals surface area (Å²) in [5, 5.41) is 11.2. The maximum Gasteiger partial charge on any atom is 0.338 e. The number of hydrogen-bond acceptors (Lipinski definition) is 9. The zero-order valence-corrected chi connectivity index (χ0v) is 22.9. The van der Waals surface area contributed by atoms with E-state index in [1.165, 1.54) is 28.0 Å². The van der Waals surface area contributed by atoms with Crippen LogP contribution in [0.1, 0.15) is 38.1 Å². The van der Waals surface area contributed by atoms with E-state index in [1.807, 2.05) is 0 Å². The molecular weight excluding hydrogens is 534 g/mol. The van der Waals surface area contributed by atoms with E-state index in [2.05, 4.69) is 4.99 Å². The van der Waals surface area contributed by atoms with Crippen molar-refractivity contribution < 1.29 is 23.6 Å². The molecule has 0 saturated heterocycles. The molecule has 10 nitrogen and oxygen atoms in total. The highest BCUT2D eigenvalue weighted by Gasteiger charge is 2.33. The molecule has 2 aromatic heterocycles.